The summed E-state index contributed by atoms with van der Waals surface area (Å²) in [5.41, 5.74) is 1.59. The van der Waals surface area contributed by atoms with Gasteiger partial charge in [0.05, 0.1) is 16.4 Å². The van der Waals surface area contributed by atoms with E-state index in [0.717, 1.165) is 23.4 Å². The molecule has 0 amide bonds. The first kappa shape index (κ1) is 14.3. The summed E-state index contributed by atoms with van der Waals surface area (Å²) >= 11 is 6.19. The molecule has 0 aliphatic carbocycles. The monoisotopic (exact) mass is 283 g/mol. The lowest BCUT2D eigenvalue weighted by atomic mass is 10.2. The zero-order valence-corrected chi connectivity index (χ0v) is 12.4. The maximum atomic E-state index is 13.4. The van der Waals surface area contributed by atoms with Gasteiger partial charge in [-0.2, -0.15) is 0 Å². The second-order valence-corrected chi connectivity index (χ2v) is 5.80. The van der Waals surface area contributed by atoms with Gasteiger partial charge in [-0.3, -0.25) is 0 Å². The van der Waals surface area contributed by atoms with Crippen LogP contribution < -0.4 is 0 Å². The number of likely N-dealkylation sites (N-methyl/N-ethyl adjacent to an activating group) is 1. The number of imidazole rings is 1. The second-order valence-electron chi connectivity index (χ2n) is 5.14. The Bertz CT molecular complexity index is 577. The summed E-state index contributed by atoms with van der Waals surface area (Å²) in [6, 6.07) is 4.96. The summed E-state index contributed by atoms with van der Waals surface area (Å²) < 4.78 is 15.5. The van der Waals surface area contributed by atoms with E-state index in [0.29, 0.717) is 6.04 Å². The Morgan fingerprint density at radius 1 is 1.37 bits per heavy atom. The molecule has 5 heteroatoms. The fraction of sp³-hybridized carbons (Fsp3) is 0.500. The molecule has 1 aromatic heterocycles. The van der Waals surface area contributed by atoms with Gasteiger partial charge in [0.25, 0.3) is 0 Å². The third kappa shape index (κ3) is 2.90. The molecule has 0 spiro atoms. The van der Waals surface area contributed by atoms with Crippen LogP contribution in [-0.2, 0) is 6.54 Å². The second kappa shape index (κ2) is 5.47. The fourth-order valence-electron chi connectivity index (χ4n) is 2.04. The van der Waals surface area contributed by atoms with Crippen LogP contribution in [0.5, 0.6) is 0 Å². The molecule has 0 aliphatic heterocycles. The first-order valence-electron chi connectivity index (χ1n) is 6.36. The first-order chi connectivity index (χ1) is 8.90. The highest BCUT2D eigenvalue weighted by Gasteiger charge is 2.17. The van der Waals surface area contributed by atoms with Crippen molar-refractivity contribution in [2.24, 2.45) is 0 Å². The zero-order valence-electron chi connectivity index (χ0n) is 11.7. The van der Waals surface area contributed by atoms with Gasteiger partial charge in [-0.15, -0.1) is 11.6 Å². The van der Waals surface area contributed by atoms with Crippen molar-refractivity contribution in [3.8, 4) is 0 Å². The number of nitrogens with zero attached hydrogens (tertiary/aromatic N) is 3. The number of hydrogen-bond donors (Lipinski definition) is 0. The molecule has 3 nitrogen and oxygen atoms in total. The Morgan fingerprint density at radius 2 is 2.05 bits per heavy atom. The van der Waals surface area contributed by atoms with Gasteiger partial charge in [0.15, 0.2) is 0 Å². The Morgan fingerprint density at radius 3 is 2.63 bits per heavy atom. The van der Waals surface area contributed by atoms with E-state index in [9.17, 15) is 4.39 Å². The topological polar surface area (TPSA) is 21.1 Å². The van der Waals surface area contributed by atoms with Crippen LogP contribution in [0, 0.1) is 5.82 Å². The van der Waals surface area contributed by atoms with E-state index in [1.165, 1.54) is 12.1 Å². The standard InChI is InChI=1S/C14H19ClFN3/c1-9(18(3)4)8-19-13-7-11(16)5-6-12(13)17-14(19)10(2)15/h5-7,9-10H,8H2,1-4H3. The van der Waals surface area contributed by atoms with Gasteiger partial charge in [0, 0.05) is 12.6 Å². The van der Waals surface area contributed by atoms with Crippen molar-refractivity contribution in [1.82, 2.24) is 14.5 Å². The quantitative estimate of drug-likeness (QED) is 0.802. The van der Waals surface area contributed by atoms with Gasteiger partial charge in [-0.05, 0) is 46.1 Å². The van der Waals surface area contributed by atoms with Gasteiger partial charge < -0.3 is 9.47 Å². The number of rotatable bonds is 4. The van der Waals surface area contributed by atoms with Crippen LogP contribution in [-0.4, -0.2) is 34.6 Å². The molecule has 1 aromatic carbocycles. The molecule has 0 N–H and O–H groups in total. The van der Waals surface area contributed by atoms with E-state index in [1.807, 2.05) is 25.6 Å². The van der Waals surface area contributed by atoms with E-state index in [-0.39, 0.29) is 11.2 Å². The molecule has 19 heavy (non-hydrogen) atoms. The summed E-state index contributed by atoms with van der Waals surface area (Å²) in [7, 11) is 4.04. The molecule has 0 aliphatic rings. The molecule has 0 saturated carbocycles. The number of hydrogen-bond acceptors (Lipinski definition) is 2. The minimum absolute atomic E-state index is 0.204. The maximum absolute atomic E-state index is 13.4. The van der Waals surface area contributed by atoms with Gasteiger partial charge >= 0.3 is 0 Å². The predicted octanol–water partition coefficient (Wildman–Crippen LogP) is 3.43. The number of aromatic nitrogens is 2. The van der Waals surface area contributed by atoms with Crippen molar-refractivity contribution in [1.29, 1.82) is 0 Å². The Labute approximate surface area is 118 Å². The van der Waals surface area contributed by atoms with Crippen molar-refractivity contribution < 1.29 is 4.39 Å². The maximum Gasteiger partial charge on any atom is 0.127 e. The van der Waals surface area contributed by atoms with Crippen LogP contribution in [0.25, 0.3) is 11.0 Å². The molecule has 0 fully saturated rings. The van der Waals surface area contributed by atoms with Crippen molar-refractivity contribution in [3.63, 3.8) is 0 Å². The molecular formula is C14H19ClFN3. The largest absolute Gasteiger partial charge is 0.325 e. The summed E-state index contributed by atoms with van der Waals surface area (Å²) in [4.78, 5) is 6.63. The Balaban J connectivity index is 2.54. The third-order valence-electron chi connectivity index (χ3n) is 3.42. The molecule has 0 bridgehead atoms. The van der Waals surface area contributed by atoms with Crippen molar-refractivity contribution in [2.75, 3.05) is 14.1 Å². The highest BCUT2D eigenvalue weighted by molar-refractivity contribution is 6.20. The molecule has 0 radical (unpaired) electrons. The van der Waals surface area contributed by atoms with Crippen LogP contribution in [0.4, 0.5) is 4.39 Å². The first-order valence-corrected chi connectivity index (χ1v) is 6.80. The van der Waals surface area contributed by atoms with Crippen LogP contribution >= 0.6 is 11.6 Å². The van der Waals surface area contributed by atoms with Gasteiger partial charge in [0.1, 0.15) is 11.6 Å². The average molecular weight is 284 g/mol. The Hall–Kier alpha value is -1.13. The SMILES string of the molecule is CC(Cl)c1nc2ccc(F)cc2n1CC(C)N(C)C. The fourth-order valence-corrected chi connectivity index (χ4v) is 2.20. The van der Waals surface area contributed by atoms with Gasteiger partial charge in [0.2, 0.25) is 0 Å². The van der Waals surface area contributed by atoms with Crippen LogP contribution in [0.2, 0.25) is 0 Å². The van der Waals surface area contributed by atoms with E-state index < -0.39 is 0 Å². The Kier molecular flexibility index (Phi) is 4.11. The van der Waals surface area contributed by atoms with Crippen LogP contribution in [0.15, 0.2) is 18.2 Å². The molecule has 2 rings (SSSR count). The smallest absolute Gasteiger partial charge is 0.127 e. The molecular weight excluding hydrogens is 265 g/mol. The molecule has 2 unspecified atom stereocenters. The van der Waals surface area contributed by atoms with Crippen LogP contribution in [0.3, 0.4) is 0 Å². The molecule has 2 atom stereocenters. The van der Waals surface area contributed by atoms with Gasteiger partial charge in [-0.1, -0.05) is 0 Å². The van der Waals surface area contributed by atoms with E-state index in [1.54, 1.807) is 6.07 Å². The number of alkyl halides is 1. The lowest BCUT2D eigenvalue weighted by Crippen LogP contribution is -2.29. The van der Waals surface area contributed by atoms with E-state index in [2.05, 4.69) is 16.8 Å². The van der Waals surface area contributed by atoms with Crippen LogP contribution in [0.1, 0.15) is 25.0 Å². The number of benzene rings is 1. The zero-order chi connectivity index (χ0) is 14.2. The highest BCUT2D eigenvalue weighted by atomic mass is 35.5. The van der Waals surface area contributed by atoms with E-state index >= 15 is 0 Å². The molecule has 104 valence electrons. The minimum Gasteiger partial charge on any atom is -0.325 e. The lowest BCUT2D eigenvalue weighted by molar-refractivity contribution is 0.284. The molecule has 1 heterocycles. The van der Waals surface area contributed by atoms with Crippen molar-refractivity contribution in [2.45, 2.75) is 31.8 Å². The predicted molar refractivity (Wildman–Crippen MR) is 77.1 cm³/mol. The highest BCUT2D eigenvalue weighted by Crippen LogP contribution is 2.25. The average Bonchev–Trinajstić information content (AvgIpc) is 2.67. The number of halogens is 2. The molecule has 0 saturated heterocycles. The number of fused-ring (bicyclic) bond motifs is 1. The van der Waals surface area contributed by atoms with E-state index in [4.69, 9.17) is 11.6 Å². The normalized spacial score (nSPS) is 15.1. The summed E-state index contributed by atoms with van der Waals surface area (Å²) in [6.45, 7) is 4.74. The molecule has 2 aromatic rings. The summed E-state index contributed by atoms with van der Waals surface area (Å²) in [6.07, 6.45) is 0. The van der Waals surface area contributed by atoms with Gasteiger partial charge in [-0.25, -0.2) is 9.37 Å². The van der Waals surface area contributed by atoms with Crippen molar-refractivity contribution in [3.05, 3.63) is 29.8 Å². The lowest BCUT2D eigenvalue weighted by Gasteiger charge is -2.22. The van der Waals surface area contributed by atoms with Crippen molar-refractivity contribution >= 4 is 22.6 Å². The summed E-state index contributed by atoms with van der Waals surface area (Å²) in [5, 5.41) is -0.204. The third-order valence-corrected chi connectivity index (χ3v) is 3.62. The summed E-state index contributed by atoms with van der Waals surface area (Å²) in [5.74, 6) is 0.538. The minimum atomic E-state index is -0.250.